The molecule has 2 amide bonds. The Bertz CT molecular complexity index is 988. The number of carbonyl (C=O) groups is 3. The Hall–Kier alpha value is -2.97. The van der Waals surface area contributed by atoms with Crippen molar-refractivity contribution in [2.75, 3.05) is 6.54 Å². The third-order valence-corrected chi connectivity index (χ3v) is 5.62. The minimum Gasteiger partial charge on any atom is -0.480 e. The molecule has 0 aliphatic carbocycles. The van der Waals surface area contributed by atoms with Crippen LogP contribution in [0.1, 0.15) is 12.5 Å². The summed E-state index contributed by atoms with van der Waals surface area (Å²) in [4.78, 5) is 37.0. The van der Waals surface area contributed by atoms with Crippen LogP contribution in [0, 0.1) is 0 Å². The van der Waals surface area contributed by atoms with Gasteiger partial charge in [-0.15, -0.1) is 0 Å². The van der Waals surface area contributed by atoms with Gasteiger partial charge in [0.2, 0.25) is 5.91 Å². The molecule has 0 aromatic heterocycles. The van der Waals surface area contributed by atoms with E-state index in [0.717, 1.165) is 28.5 Å². The molecule has 8 heteroatoms. The van der Waals surface area contributed by atoms with Crippen LogP contribution in [0.25, 0.3) is 17.2 Å². The molecule has 2 N–H and O–H groups in total. The van der Waals surface area contributed by atoms with Crippen LogP contribution in [0.15, 0.2) is 59.5 Å². The zero-order chi connectivity index (χ0) is 21.0. The zero-order valence-corrected chi connectivity index (χ0v) is 17.1. The minimum atomic E-state index is -1.15. The molecule has 6 nitrogen and oxygen atoms in total. The van der Waals surface area contributed by atoms with Crippen molar-refractivity contribution in [1.82, 2.24) is 10.2 Å². The van der Waals surface area contributed by atoms with Gasteiger partial charge in [0.25, 0.3) is 5.91 Å². The predicted molar refractivity (Wildman–Crippen MR) is 117 cm³/mol. The molecule has 0 bridgehead atoms. The third-order valence-electron chi connectivity index (χ3n) is 4.24. The lowest BCUT2D eigenvalue weighted by Crippen LogP contribution is -2.45. The first-order valence-electron chi connectivity index (χ1n) is 8.78. The number of benzene rings is 2. The molecule has 1 aliphatic rings. The van der Waals surface area contributed by atoms with Crippen molar-refractivity contribution in [2.45, 2.75) is 13.0 Å². The number of rotatable bonds is 6. The molecule has 2 aromatic carbocycles. The third kappa shape index (κ3) is 5.10. The van der Waals surface area contributed by atoms with Crippen LogP contribution in [0.4, 0.5) is 0 Å². The zero-order valence-electron chi connectivity index (χ0n) is 15.5. The predicted octanol–water partition coefficient (Wildman–Crippen LogP) is 3.14. The molecule has 0 saturated carbocycles. The molecule has 1 atom stereocenters. The molecule has 0 radical (unpaired) electrons. The van der Waals surface area contributed by atoms with E-state index in [1.807, 2.05) is 54.6 Å². The highest BCUT2D eigenvalue weighted by atomic mass is 32.2. The van der Waals surface area contributed by atoms with E-state index in [0.29, 0.717) is 4.91 Å². The molecule has 1 unspecified atom stereocenters. The van der Waals surface area contributed by atoms with Crippen molar-refractivity contribution in [3.8, 4) is 11.1 Å². The average Bonchev–Trinajstić information content (AvgIpc) is 2.96. The summed E-state index contributed by atoms with van der Waals surface area (Å²) in [6, 6.07) is 16.7. The number of hydrogen-bond donors (Lipinski definition) is 2. The Morgan fingerprint density at radius 2 is 1.76 bits per heavy atom. The summed E-state index contributed by atoms with van der Waals surface area (Å²) in [6.07, 6.45) is 1.73. The van der Waals surface area contributed by atoms with Gasteiger partial charge < -0.3 is 10.4 Å². The van der Waals surface area contributed by atoms with Gasteiger partial charge in [0.05, 0.1) is 4.91 Å². The Labute approximate surface area is 177 Å². The summed E-state index contributed by atoms with van der Waals surface area (Å²) in [7, 11) is 0. The van der Waals surface area contributed by atoms with Crippen LogP contribution < -0.4 is 5.32 Å². The lowest BCUT2D eigenvalue weighted by atomic mass is 10.0. The van der Waals surface area contributed by atoms with Gasteiger partial charge in [0, 0.05) is 0 Å². The molecule has 29 heavy (non-hydrogen) atoms. The quantitative estimate of drug-likeness (QED) is 0.545. The molecule has 148 valence electrons. The molecule has 0 spiro atoms. The fraction of sp³-hybridized carbons (Fsp3) is 0.143. The number of aliphatic carboxylic acids is 1. The second kappa shape index (κ2) is 9.02. The van der Waals surface area contributed by atoms with Gasteiger partial charge in [-0.05, 0) is 29.7 Å². The van der Waals surface area contributed by atoms with Crippen LogP contribution in [0.3, 0.4) is 0 Å². The summed E-state index contributed by atoms with van der Waals surface area (Å²) in [5, 5.41) is 11.2. The van der Waals surface area contributed by atoms with Gasteiger partial charge in [-0.3, -0.25) is 19.3 Å². The summed E-state index contributed by atoms with van der Waals surface area (Å²) < 4.78 is 0.264. The molecule has 1 fully saturated rings. The smallest absolute Gasteiger partial charge is 0.325 e. The van der Waals surface area contributed by atoms with E-state index >= 15 is 0 Å². The number of hydrogen-bond acceptors (Lipinski definition) is 5. The van der Waals surface area contributed by atoms with Crippen LogP contribution in [-0.2, 0) is 14.4 Å². The van der Waals surface area contributed by atoms with Gasteiger partial charge in [-0.2, -0.15) is 0 Å². The molecule has 1 saturated heterocycles. The monoisotopic (exact) mass is 426 g/mol. The number of carbonyl (C=O) groups excluding carboxylic acids is 2. The van der Waals surface area contributed by atoms with Crippen LogP contribution in [-0.4, -0.2) is 44.7 Å². The van der Waals surface area contributed by atoms with E-state index in [2.05, 4.69) is 5.32 Å². The maximum Gasteiger partial charge on any atom is 0.325 e. The molecular formula is C21H18N2O4S2. The first-order chi connectivity index (χ1) is 13.8. The second-order valence-electron chi connectivity index (χ2n) is 6.38. The lowest BCUT2D eigenvalue weighted by molar-refractivity contribution is -0.141. The van der Waals surface area contributed by atoms with E-state index in [9.17, 15) is 14.4 Å². The standard InChI is InChI=1S/C21H18N2O4S2/c1-13(20(26)27)22-18(24)12-23-19(25)17(29-21(23)28)11-14-7-9-16(10-8-14)15-5-3-2-4-6-15/h2-11,13H,12H2,1H3,(H,22,24)(H,26,27)/b17-11-. The fourth-order valence-electron chi connectivity index (χ4n) is 2.68. The molecule has 1 heterocycles. The number of thiocarbonyl (C=S) groups is 1. The van der Waals surface area contributed by atoms with Crippen molar-refractivity contribution < 1.29 is 19.5 Å². The van der Waals surface area contributed by atoms with Crippen LogP contribution in [0.2, 0.25) is 0 Å². The molecule has 3 rings (SSSR count). The summed E-state index contributed by atoms with van der Waals surface area (Å²) >= 11 is 6.33. The Morgan fingerprint density at radius 3 is 2.38 bits per heavy atom. The van der Waals surface area contributed by atoms with E-state index in [1.165, 1.54) is 11.8 Å². The minimum absolute atomic E-state index is 0.264. The first kappa shape index (κ1) is 20.8. The summed E-state index contributed by atoms with van der Waals surface area (Å²) in [5.41, 5.74) is 3.01. The van der Waals surface area contributed by atoms with Crippen molar-refractivity contribution >= 4 is 52.2 Å². The normalized spacial score (nSPS) is 16.2. The van der Waals surface area contributed by atoms with Crippen molar-refractivity contribution in [3.05, 3.63) is 65.1 Å². The number of carboxylic acids is 1. The molecular weight excluding hydrogens is 408 g/mol. The van der Waals surface area contributed by atoms with Crippen LogP contribution >= 0.6 is 24.0 Å². The van der Waals surface area contributed by atoms with Crippen molar-refractivity contribution in [3.63, 3.8) is 0 Å². The fourth-order valence-corrected chi connectivity index (χ4v) is 3.94. The van der Waals surface area contributed by atoms with Gasteiger partial charge in [-0.25, -0.2) is 0 Å². The van der Waals surface area contributed by atoms with E-state index in [1.54, 1.807) is 6.08 Å². The highest BCUT2D eigenvalue weighted by molar-refractivity contribution is 8.26. The lowest BCUT2D eigenvalue weighted by Gasteiger charge is -2.15. The van der Waals surface area contributed by atoms with Gasteiger partial charge in [0.1, 0.15) is 16.9 Å². The van der Waals surface area contributed by atoms with Crippen molar-refractivity contribution in [1.29, 1.82) is 0 Å². The first-order valence-corrected chi connectivity index (χ1v) is 10.0. The maximum absolute atomic E-state index is 12.6. The Morgan fingerprint density at radius 1 is 1.14 bits per heavy atom. The molecule has 1 aliphatic heterocycles. The topological polar surface area (TPSA) is 86.7 Å². The summed E-state index contributed by atoms with van der Waals surface area (Å²) in [6.45, 7) is 1.04. The van der Waals surface area contributed by atoms with Crippen LogP contribution in [0.5, 0.6) is 0 Å². The Kier molecular flexibility index (Phi) is 6.46. The Balaban J connectivity index is 1.69. The van der Waals surface area contributed by atoms with Crippen molar-refractivity contribution in [2.24, 2.45) is 0 Å². The van der Waals surface area contributed by atoms with E-state index in [-0.39, 0.29) is 16.8 Å². The van der Waals surface area contributed by atoms with E-state index < -0.39 is 17.9 Å². The number of carboxylic acid groups (broad SMARTS) is 1. The average molecular weight is 427 g/mol. The number of nitrogens with one attached hydrogen (secondary N) is 1. The maximum atomic E-state index is 12.6. The van der Waals surface area contributed by atoms with Gasteiger partial charge in [-0.1, -0.05) is 78.6 Å². The number of amides is 2. The summed E-state index contributed by atoms with van der Waals surface area (Å²) in [5.74, 6) is -2.10. The SMILES string of the molecule is CC(NC(=O)CN1C(=O)/C(=C/c2ccc(-c3ccccc3)cc2)SC1=S)C(=O)O. The number of thioether (sulfide) groups is 1. The highest BCUT2D eigenvalue weighted by Gasteiger charge is 2.33. The van der Waals surface area contributed by atoms with Gasteiger partial charge >= 0.3 is 5.97 Å². The number of nitrogens with zero attached hydrogens (tertiary/aromatic N) is 1. The molecule has 2 aromatic rings. The van der Waals surface area contributed by atoms with E-state index in [4.69, 9.17) is 17.3 Å². The second-order valence-corrected chi connectivity index (χ2v) is 8.06. The largest absolute Gasteiger partial charge is 0.480 e. The van der Waals surface area contributed by atoms with Gasteiger partial charge in [0.15, 0.2) is 0 Å². The highest BCUT2D eigenvalue weighted by Crippen LogP contribution is 2.32.